The van der Waals surface area contributed by atoms with Gasteiger partial charge in [-0.15, -0.1) is 0 Å². The average molecular weight is 264 g/mol. The SMILES string of the molecule is O=C(NCC1(c2ccsc2)CCCC1)NC1CC1. The largest absolute Gasteiger partial charge is 0.337 e. The van der Waals surface area contributed by atoms with Gasteiger partial charge in [0.1, 0.15) is 0 Å². The normalized spacial score (nSPS) is 21.8. The van der Waals surface area contributed by atoms with Gasteiger partial charge in [-0.1, -0.05) is 12.8 Å². The summed E-state index contributed by atoms with van der Waals surface area (Å²) in [7, 11) is 0. The first-order valence-electron chi connectivity index (χ1n) is 6.86. The van der Waals surface area contributed by atoms with Gasteiger partial charge >= 0.3 is 6.03 Å². The molecule has 3 nitrogen and oxygen atoms in total. The molecule has 1 aromatic rings. The standard InChI is InChI=1S/C14H20N2OS/c17-13(16-12-3-4-12)15-10-14(6-1-2-7-14)11-5-8-18-9-11/h5,8-9,12H,1-4,6-7,10H2,(H2,15,16,17). The fraction of sp³-hybridized carbons (Fsp3) is 0.643. The molecule has 1 aromatic heterocycles. The quantitative estimate of drug-likeness (QED) is 0.862. The first-order valence-corrected chi connectivity index (χ1v) is 7.80. The number of hydrogen-bond acceptors (Lipinski definition) is 2. The smallest absolute Gasteiger partial charge is 0.315 e. The van der Waals surface area contributed by atoms with Crippen LogP contribution in [0.2, 0.25) is 0 Å². The van der Waals surface area contributed by atoms with Crippen molar-refractivity contribution in [3.8, 4) is 0 Å². The van der Waals surface area contributed by atoms with Crippen molar-refractivity contribution in [3.63, 3.8) is 0 Å². The Bertz CT molecular complexity index is 405. The van der Waals surface area contributed by atoms with Crippen molar-refractivity contribution in [2.45, 2.75) is 50.0 Å². The molecular weight excluding hydrogens is 244 g/mol. The van der Waals surface area contributed by atoms with Gasteiger partial charge in [-0.05, 0) is 48.1 Å². The van der Waals surface area contributed by atoms with E-state index in [1.807, 2.05) is 0 Å². The summed E-state index contributed by atoms with van der Waals surface area (Å²) in [6.07, 6.45) is 7.25. The van der Waals surface area contributed by atoms with Crippen molar-refractivity contribution in [3.05, 3.63) is 22.4 Å². The Hall–Kier alpha value is -1.03. The van der Waals surface area contributed by atoms with Crippen LogP contribution in [0.4, 0.5) is 4.79 Å². The average Bonchev–Trinajstić information content (AvgIpc) is 2.89. The first kappa shape index (κ1) is 12.0. The molecule has 0 bridgehead atoms. The number of carbonyl (C=O) groups excluding carboxylic acids is 1. The van der Waals surface area contributed by atoms with E-state index in [2.05, 4.69) is 27.5 Å². The molecule has 0 saturated heterocycles. The maximum absolute atomic E-state index is 11.7. The molecule has 2 N–H and O–H groups in total. The zero-order chi connectivity index (χ0) is 12.4. The minimum absolute atomic E-state index is 0.0130. The molecule has 2 amide bonds. The van der Waals surface area contributed by atoms with E-state index in [0.29, 0.717) is 6.04 Å². The number of urea groups is 1. The minimum Gasteiger partial charge on any atom is -0.337 e. The Morgan fingerprint density at radius 2 is 2.17 bits per heavy atom. The molecule has 0 radical (unpaired) electrons. The summed E-state index contributed by atoms with van der Waals surface area (Å²) in [6.45, 7) is 0.780. The summed E-state index contributed by atoms with van der Waals surface area (Å²) in [4.78, 5) is 11.7. The maximum Gasteiger partial charge on any atom is 0.315 e. The zero-order valence-corrected chi connectivity index (χ0v) is 11.4. The highest BCUT2D eigenvalue weighted by Gasteiger charge is 2.36. The predicted octanol–water partition coefficient (Wildman–Crippen LogP) is 3.02. The number of thiophene rings is 1. The Kier molecular flexibility index (Phi) is 3.29. The second-order valence-corrected chi connectivity index (χ2v) is 6.38. The molecule has 1 heterocycles. The van der Waals surface area contributed by atoms with E-state index < -0.39 is 0 Å². The Balaban J connectivity index is 1.61. The van der Waals surface area contributed by atoms with Gasteiger partial charge in [0.05, 0.1) is 0 Å². The van der Waals surface area contributed by atoms with E-state index in [1.54, 1.807) is 11.3 Å². The number of nitrogens with one attached hydrogen (secondary N) is 2. The van der Waals surface area contributed by atoms with Crippen LogP contribution in [0.3, 0.4) is 0 Å². The zero-order valence-electron chi connectivity index (χ0n) is 10.6. The lowest BCUT2D eigenvalue weighted by Gasteiger charge is -2.28. The fourth-order valence-corrected chi connectivity index (χ4v) is 3.68. The Morgan fingerprint density at radius 1 is 1.39 bits per heavy atom. The van der Waals surface area contributed by atoms with E-state index in [9.17, 15) is 4.79 Å². The third kappa shape index (κ3) is 2.53. The van der Waals surface area contributed by atoms with Crippen LogP contribution in [0.5, 0.6) is 0 Å². The lowest BCUT2D eigenvalue weighted by Crippen LogP contribution is -2.44. The van der Waals surface area contributed by atoms with E-state index in [4.69, 9.17) is 0 Å². The van der Waals surface area contributed by atoms with Crippen LogP contribution in [-0.4, -0.2) is 18.6 Å². The number of hydrogen-bond donors (Lipinski definition) is 2. The summed E-state index contributed by atoms with van der Waals surface area (Å²) in [6, 6.07) is 2.67. The van der Waals surface area contributed by atoms with Gasteiger partial charge in [0.15, 0.2) is 0 Å². The fourth-order valence-electron chi connectivity index (χ4n) is 2.90. The van der Waals surface area contributed by atoms with Gasteiger partial charge in [0.2, 0.25) is 0 Å². The second kappa shape index (κ2) is 4.92. The van der Waals surface area contributed by atoms with Crippen LogP contribution >= 0.6 is 11.3 Å². The van der Waals surface area contributed by atoms with Gasteiger partial charge in [0, 0.05) is 18.0 Å². The van der Waals surface area contributed by atoms with Gasteiger partial charge in [-0.25, -0.2) is 4.79 Å². The van der Waals surface area contributed by atoms with Crippen LogP contribution in [-0.2, 0) is 5.41 Å². The number of carbonyl (C=O) groups is 1. The summed E-state index contributed by atoms with van der Waals surface area (Å²) < 4.78 is 0. The molecule has 4 heteroatoms. The second-order valence-electron chi connectivity index (χ2n) is 5.60. The molecule has 0 unspecified atom stereocenters. The summed E-state index contributed by atoms with van der Waals surface area (Å²) in [5.74, 6) is 0. The van der Waals surface area contributed by atoms with Gasteiger partial charge in [0.25, 0.3) is 0 Å². The molecular formula is C14H20N2OS. The van der Waals surface area contributed by atoms with Crippen LogP contribution in [0.15, 0.2) is 16.8 Å². The van der Waals surface area contributed by atoms with E-state index in [0.717, 1.165) is 19.4 Å². The lowest BCUT2D eigenvalue weighted by atomic mass is 9.80. The molecule has 2 aliphatic rings. The summed E-state index contributed by atoms with van der Waals surface area (Å²) in [5, 5.41) is 10.5. The van der Waals surface area contributed by atoms with Crippen molar-refractivity contribution >= 4 is 17.4 Å². The topological polar surface area (TPSA) is 41.1 Å². The maximum atomic E-state index is 11.7. The molecule has 98 valence electrons. The molecule has 0 spiro atoms. The van der Waals surface area contributed by atoms with Gasteiger partial charge < -0.3 is 10.6 Å². The van der Waals surface area contributed by atoms with Crippen molar-refractivity contribution in [2.75, 3.05) is 6.54 Å². The van der Waals surface area contributed by atoms with Crippen LogP contribution in [0.25, 0.3) is 0 Å². The van der Waals surface area contributed by atoms with E-state index >= 15 is 0 Å². The van der Waals surface area contributed by atoms with Gasteiger partial charge in [-0.3, -0.25) is 0 Å². The summed E-state index contributed by atoms with van der Waals surface area (Å²) in [5.41, 5.74) is 1.61. The molecule has 0 aliphatic heterocycles. The van der Waals surface area contributed by atoms with E-state index in [1.165, 1.54) is 31.2 Å². The van der Waals surface area contributed by atoms with Crippen LogP contribution < -0.4 is 10.6 Å². The molecule has 0 atom stereocenters. The van der Waals surface area contributed by atoms with Crippen LogP contribution in [0.1, 0.15) is 44.1 Å². The highest BCUT2D eigenvalue weighted by molar-refractivity contribution is 7.08. The van der Waals surface area contributed by atoms with Crippen molar-refractivity contribution in [2.24, 2.45) is 0 Å². The Labute approximate surface area is 112 Å². The van der Waals surface area contributed by atoms with Crippen molar-refractivity contribution < 1.29 is 4.79 Å². The van der Waals surface area contributed by atoms with Crippen molar-refractivity contribution in [1.29, 1.82) is 0 Å². The first-order chi connectivity index (χ1) is 8.78. The minimum atomic E-state index is 0.0130. The highest BCUT2D eigenvalue weighted by Crippen LogP contribution is 2.41. The van der Waals surface area contributed by atoms with E-state index in [-0.39, 0.29) is 11.4 Å². The van der Waals surface area contributed by atoms with Crippen LogP contribution in [0, 0.1) is 0 Å². The van der Waals surface area contributed by atoms with Crippen molar-refractivity contribution in [1.82, 2.24) is 10.6 Å². The highest BCUT2D eigenvalue weighted by atomic mass is 32.1. The predicted molar refractivity (Wildman–Crippen MR) is 74.0 cm³/mol. The molecule has 2 fully saturated rings. The number of amides is 2. The lowest BCUT2D eigenvalue weighted by molar-refractivity contribution is 0.236. The third-order valence-electron chi connectivity index (χ3n) is 4.19. The molecule has 18 heavy (non-hydrogen) atoms. The third-order valence-corrected chi connectivity index (χ3v) is 4.88. The van der Waals surface area contributed by atoms with Gasteiger partial charge in [-0.2, -0.15) is 11.3 Å². The molecule has 2 saturated carbocycles. The molecule has 2 aliphatic carbocycles. The summed E-state index contributed by atoms with van der Waals surface area (Å²) >= 11 is 1.75. The monoisotopic (exact) mass is 264 g/mol. The number of rotatable bonds is 4. The molecule has 0 aromatic carbocycles. The molecule has 3 rings (SSSR count). The Morgan fingerprint density at radius 3 is 2.78 bits per heavy atom.